The van der Waals surface area contributed by atoms with E-state index in [9.17, 15) is 143 Å². The van der Waals surface area contributed by atoms with Crippen LogP contribution in [0.5, 0.6) is 0 Å². The van der Waals surface area contributed by atoms with E-state index in [1.165, 1.54) is 0 Å². The first-order chi connectivity index (χ1) is 50.5. The van der Waals surface area contributed by atoms with Gasteiger partial charge >= 0.3 is 0 Å². The van der Waals surface area contributed by atoms with E-state index >= 15 is 0 Å². The van der Waals surface area contributed by atoms with Crippen molar-refractivity contribution in [2.75, 3.05) is 72.6 Å². The molecule has 9 aliphatic rings. The molecule has 0 aliphatic carbocycles. The third kappa shape index (κ3) is 18.9. The number of aliphatic hydroxyl groups excluding tert-OH is 28. The van der Waals surface area contributed by atoms with Gasteiger partial charge in [-0.25, -0.2) is 0 Å². The normalized spacial score (nSPS) is 51.3. The highest BCUT2D eigenvalue weighted by atomic mass is 16.8. The third-order valence-electron chi connectivity index (χ3n) is 19.9. The van der Waals surface area contributed by atoms with E-state index in [4.69, 9.17) is 91.0 Å². The Labute approximate surface area is 600 Å². The number of nitrogens with two attached hydrogens (primary N) is 1. The smallest absolute Gasteiger partial charge is 0.187 e. The Kier molecular flexibility index (Phi) is 32.8. The molecule has 106 heavy (non-hydrogen) atoms. The summed E-state index contributed by atoms with van der Waals surface area (Å²) in [5.74, 6) is 0. The molecule has 9 fully saturated rings. The van der Waals surface area contributed by atoms with Crippen LogP contribution in [0.3, 0.4) is 0 Å². The lowest BCUT2D eigenvalue weighted by Gasteiger charge is -2.51. The molecule has 0 saturated carbocycles. The summed E-state index contributed by atoms with van der Waals surface area (Å²) >= 11 is 0. The molecule has 0 aromatic carbocycles. The van der Waals surface area contributed by atoms with E-state index in [-0.39, 0.29) is 6.61 Å². The highest BCUT2D eigenvalue weighted by Crippen LogP contribution is 2.41. The Morgan fingerprint density at radius 1 is 0.189 bits per heavy atom. The minimum atomic E-state index is -2.52. The molecule has 45 atom stereocenters. The van der Waals surface area contributed by atoms with Crippen LogP contribution in [-0.4, -0.2) is 492 Å². The van der Waals surface area contributed by atoms with Crippen LogP contribution in [0.15, 0.2) is 0 Å². The second-order valence-corrected chi connectivity index (χ2v) is 26.9. The summed E-state index contributed by atoms with van der Waals surface area (Å²) in [6, 6.07) is 0. The zero-order valence-corrected chi connectivity index (χ0v) is 56.3. The van der Waals surface area contributed by atoms with Crippen LogP contribution < -0.4 is 5.73 Å². The minimum absolute atomic E-state index is 0.0613. The first-order valence-corrected chi connectivity index (χ1v) is 34.4. The molecule has 30 N–H and O–H groups in total. The molecule has 9 heterocycles. The largest absolute Gasteiger partial charge is 0.394 e. The summed E-state index contributed by atoms with van der Waals surface area (Å²) in [6.07, 6.45) is -93.7. The summed E-state index contributed by atoms with van der Waals surface area (Å²) in [5, 5.41) is 308. The van der Waals surface area contributed by atoms with Gasteiger partial charge in [-0.1, -0.05) is 0 Å². The SMILES string of the molecule is NCCCCCO[C@H]1OC(CO)[C@@H](O)[C@H](O)C1O[C@H]1OC(CO)[C@@H](O)[C@H](O)C1O[C@@H]1OC(CO)[C@@H](O)[C@H](O[C@H]2OC(CO)[C@@H](O)[C@H](O)C2O[C@H]2OC(CO)[C@@H](O)[C@H](O)C2O[C@@H]2OC(CO)[C@@H](O)[C@H](O[C@H]3OC(CO)[C@@H](O)[C@H](O)C3O[C@H]3OC(CO)[C@@H](O)[C@H](O)C3O[C@@H]3OC(CO)[C@@H](O)[C@H](O)C3O)C2O)C1O. The Morgan fingerprint density at radius 3 is 0.642 bits per heavy atom. The molecule has 0 spiro atoms. The van der Waals surface area contributed by atoms with Gasteiger partial charge in [-0.15, -0.1) is 0 Å². The molecule has 0 radical (unpaired) electrons. The Morgan fingerprint density at radius 2 is 0.387 bits per heavy atom. The van der Waals surface area contributed by atoms with Gasteiger partial charge in [0.25, 0.3) is 0 Å². The zero-order chi connectivity index (χ0) is 77.6. The average molecular weight is 1560 g/mol. The summed E-state index contributed by atoms with van der Waals surface area (Å²) in [7, 11) is 0. The quantitative estimate of drug-likeness (QED) is 0.0287. The van der Waals surface area contributed by atoms with Crippen molar-refractivity contribution in [2.24, 2.45) is 5.73 Å². The molecular formula is C59H103NO46. The lowest BCUT2D eigenvalue weighted by molar-refractivity contribution is -0.417. The number of aliphatic hydroxyl groups is 28. The van der Waals surface area contributed by atoms with Crippen LogP contribution in [-0.2, 0) is 85.3 Å². The van der Waals surface area contributed by atoms with Gasteiger partial charge in [0, 0.05) is 6.61 Å². The summed E-state index contributed by atoms with van der Waals surface area (Å²) in [4.78, 5) is 0. The summed E-state index contributed by atoms with van der Waals surface area (Å²) in [5.41, 5.74) is 5.60. The standard InChI is InChI=1S/C59H103NO46/c60-4-2-1-3-5-89-54-45(34(80)25(71)16(7-62)93-54)104-57-47(36(82)27(73)19(10-65)96-57)102-52-41(87)43(31(77)22(13-68)91-52)100-56-50(39(85)30(76)18(9-64)95-56)106-59-48(37(83)28(74)21(12-67)98-59)103-53-42(88)44(32(78)23(14-69)92-53)99-55-49(38(84)29(75)17(8-63)94-55)105-58-46(35(81)26(72)20(11-66)97-58)101-51-40(86)33(79)24(70)15(6-61)90-51/h15-59,61-88H,1-14,60H2/t15?,16?,17?,18?,19?,20?,21?,22?,23?,24-,25-,26-,27-,28-,29-,30-,31-,32-,33+,34+,35+,36+,37+,38+,39+,40?,41?,42?,43+,44+,45?,46?,47?,48?,49?,50?,51+,52+,53+,54+,55-,56-,57-,58-,59-/m1/s1. The molecule has 620 valence electrons. The van der Waals surface area contributed by atoms with Gasteiger partial charge in [0.2, 0.25) is 0 Å². The second kappa shape index (κ2) is 39.4. The molecular weight excluding hydrogens is 1460 g/mol. The number of ether oxygens (including phenoxy) is 18. The molecule has 9 aliphatic heterocycles. The Hall–Kier alpha value is -1.88. The predicted molar refractivity (Wildman–Crippen MR) is 324 cm³/mol. The molecule has 9 saturated heterocycles. The molecule has 47 heteroatoms. The van der Waals surface area contributed by atoms with Crippen molar-refractivity contribution < 1.29 is 228 Å². The maximum Gasteiger partial charge on any atom is 0.187 e. The van der Waals surface area contributed by atoms with Crippen LogP contribution >= 0.6 is 0 Å². The minimum Gasteiger partial charge on any atom is -0.394 e. The third-order valence-corrected chi connectivity index (χ3v) is 19.9. The Balaban J connectivity index is 0.970. The molecule has 0 bridgehead atoms. The first kappa shape index (κ1) is 88.1. The van der Waals surface area contributed by atoms with E-state index in [0.29, 0.717) is 25.8 Å². The molecule has 0 aromatic heterocycles. The van der Waals surface area contributed by atoms with Gasteiger partial charge in [-0.2, -0.15) is 0 Å². The summed E-state index contributed by atoms with van der Waals surface area (Å²) < 4.78 is 105. The van der Waals surface area contributed by atoms with E-state index in [2.05, 4.69) is 0 Å². The number of hydrogen-bond donors (Lipinski definition) is 29. The molecule has 9 rings (SSSR count). The van der Waals surface area contributed by atoms with E-state index in [0.717, 1.165) is 0 Å². The van der Waals surface area contributed by atoms with Crippen LogP contribution in [0.25, 0.3) is 0 Å². The van der Waals surface area contributed by atoms with Crippen LogP contribution in [0.1, 0.15) is 19.3 Å². The molecule has 0 aromatic rings. The van der Waals surface area contributed by atoms with Gasteiger partial charge in [-0.05, 0) is 25.8 Å². The van der Waals surface area contributed by atoms with Gasteiger partial charge in [0.05, 0.1) is 59.5 Å². The molecule has 18 unspecified atom stereocenters. The van der Waals surface area contributed by atoms with Crippen LogP contribution in [0.4, 0.5) is 0 Å². The highest BCUT2D eigenvalue weighted by molar-refractivity contribution is 5.03. The van der Waals surface area contributed by atoms with Crippen LogP contribution in [0, 0.1) is 0 Å². The van der Waals surface area contributed by atoms with Gasteiger partial charge in [-0.3, -0.25) is 0 Å². The van der Waals surface area contributed by atoms with Crippen molar-refractivity contribution in [1.29, 1.82) is 0 Å². The zero-order valence-electron chi connectivity index (χ0n) is 56.3. The maximum atomic E-state index is 12.2. The van der Waals surface area contributed by atoms with Gasteiger partial charge in [0.1, 0.15) is 220 Å². The lowest BCUT2D eigenvalue weighted by Crippen LogP contribution is -2.69. The number of hydrogen-bond acceptors (Lipinski definition) is 47. The van der Waals surface area contributed by atoms with Crippen molar-refractivity contribution in [2.45, 2.75) is 296 Å². The average Bonchev–Trinajstić information content (AvgIpc) is 0.771. The maximum absolute atomic E-state index is 12.2. The summed E-state index contributed by atoms with van der Waals surface area (Å²) in [6.45, 7) is -9.38. The first-order valence-electron chi connectivity index (χ1n) is 34.4. The van der Waals surface area contributed by atoms with Crippen molar-refractivity contribution in [1.82, 2.24) is 0 Å². The monoisotopic (exact) mass is 1560 g/mol. The van der Waals surface area contributed by atoms with E-state index < -0.39 is 336 Å². The molecule has 47 nitrogen and oxygen atoms in total. The second-order valence-electron chi connectivity index (χ2n) is 26.9. The number of rotatable bonds is 31. The lowest BCUT2D eigenvalue weighted by atomic mass is 9.95. The fraction of sp³-hybridized carbons (Fsp3) is 1.00. The predicted octanol–water partition coefficient (Wildman–Crippen LogP) is -19.5. The van der Waals surface area contributed by atoms with E-state index in [1.54, 1.807) is 0 Å². The molecule has 0 amide bonds. The highest BCUT2D eigenvalue weighted by Gasteiger charge is 2.61. The van der Waals surface area contributed by atoms with Gasteiger partial charge < -0.3 is 234 Å². The topological polar surface area (TPSA) is 759 Å². The van der Waals surface area contributed by atoms with Crippen molar-refractivity contribution in [3.8, 4) is 0 Å². The van der Waals surface area contributed by atoms with Crippen molar-refractivity contribution in [3.63, 3.8) is 0 Å². The Bertz CT molecular complexity index is 2580. The van der Waals surface area contributed by atoms with Crippen molar-refractivity contribution in [3.05, 3.63) is 0 Å². The fourth-order valence-electron chi connectivity index (χ4n) is 13.6. The van der Waals surface area contributed by atoms with Crippen molar-refractivity contribution >= 4 is 0 Å². The van der Waals surface area contributed by atoms with Crippen LogP contribution in [0.2, 0.25) is 0 Å². The number of unbranched alkanes of at least 4 members (excludes halogenated alkanes) is 2. The fourth-order valence-corrected chi connectivity index (χ4v) is 13.6. The van der Waals surface area contributed by atoms with E-state index in [1.807, 2.05) is 0 Å². The van der Waals surface area contributed by atoms with Gasteiger partial charge in [0.15, 0.2) is 56.6 Å².